The highest BCUT2D eigenvalue weighted by atomic mass is 32.1. The number of fused-ring (bicyclic) bond motifs is 1. The van der Waals surface area contributed by atoms with Gasteiger partial charge >= 0.3 is 23.9 Å². The molecule has 4 aliphatic rings. The molecular weight excluding hydrogens is 604 g/mol. The van der Waals surface area contributed by atoms with Crippen LogP contribution in [0, 0.1) is 0 Å². The van der Waals surface area contributed by atoms with Crippen molar-refractivity contribution < 1.29 is 61.9 Å². The molecule has 4 aliphatic heterocycles. The standard InChI is InChI=1S/C28H32N2O13S/c1-13(31)36-11-17-19(38-14(2)32)21(39-15(3)33)23(40-17)30-25(35)28(29-26(30)44)22(41-24(34)16-9-7-6-8-10-16)20-18(12-37-28)42-27(4,5)43-20/h6-10,17-23H,11-12H2,1-5H3,(H,29,44)/t17-,18-,19-,20-,21-,22+,23-,28-/m1/s1. The molecule has 238 valence electrons. The van der Waals surface area contributed by atoms with Gasteiger partial charge in [-0.05, 0) is 38.2 Å². The highest BCUT2D eigenvalue weighted by Gasteiger charge is 2.69. The Morgan fingerprint density at radius 2 is 1.64 bits per heavy atom. The van der Waals surface area contributed by atoms with Gasteiger partial charge in [-0.1, -0.05) is 18.2 Å². The third-order valence-corrected chi connectivity index (χ3v) is 7.58. The van der Waals surface area contributed by atoms with Gasteiger partial charge in [-0.15, -0.1) is 0 Å². The number of benzene rings is 1. The minimum absolute atomic E-state index is 0.146. The van der Waals surface area contributed by atoms with E-state index < -0.39 is 90.8 Å². The number of rotatable bonds is 7. The molecule has 4 saturated heterocycles. The van der Waals surface area contributed by atoms with Crippen LogP contribution in [0.2, 0.25) is 0 Å². The summed E-state index contributed by atoms with van der Waals surface area (Å²) in [6.45, 7) is 6.22. The van der Waals surface area contributed by atoms with Gasteiger partial charge in [0.1, 0.15) is 24.9 Å². The van der Waals surface area contributed by atoms with E-state index in [4.69, 9.17) is 50.1 Å². The summed E-state index contributed by atoms with van der Waals surface area (Å²) in [4.78, 5) is 64.4. The maximum atomic E-state index is 14.4. The van der Waals surface area contributed by atoms with Crippen LogP contribution >= 0.6 is 12.2 Å². The van der Waals surface area contributed by atoms with E-state index in [1.165, 1.54) is 6.92 Å². The van der Waals surface area contributed by atoms with Crippen LogP contribution < -0.4 is 5.32 Å². The van der Waals surface area contributed by atoms with E-state index in [1.807, 2.05) is 0 Å². The fourth-order valence-electron chi connectivity index (χ4n) is 5.65. The fourth-order valence-corrected chi connectivity index (χ4v) is 5.99. The van der Waals surface area contributed by atoms with E-state index in [0.29, 0.717) is 0 Å². The summed E-state index contributed by atoms with van der Waals surface area (Å²) in [5.74, 6) is -4.90. The summed E-state index contributed by atoms with van der Waals surface area (Å²) in [7, 11) is 0. The van der Waals surface area contributed by atoms with Crippen molar-refractivity contribution in [3.8, 4) is 0 Å². The Bertz CT molecular complexity index is 1360. The predicted molar refractivity (Wildman–Crippen MR) is 147 cm³/mol. The fraction of sp³-hybridized carbons (Fsp3) is 0.571. The molecule has 1 spiro atoms. The second kappa shape index (κ2) is 12.0. The van der Waals surface area contributed by atoms with E-state index in [1.54, 1.807) is 44.2 Å². The summed E-state index contributed by atoms with van der Waals surface area (Å²) in [6.07, 6.45) is -8.42. The number of hydrogen-bond acceptors (Lipinski definition) is 14. The zero-order valence-corrected chi connectivity index (χ0v) is 25.3. The zero-order chi connectivity index (χ0) is 32.0. The van der Waals surface area contributed by atoms with E-state index >= 15 is 0 Å². The third kappa shape index (κ3) is 5.99. The molecule has 0 unspecified atom stereocenters. The molecule has 1 aromatic rings. The summed E-state index contributed by atoms with van der Waals surface area (Å²) >= 11 is 5.56. The Labute approximate surface area is 257 Å². The predicted octanol–water partition coefficient (Wildman–Crippen LogP) is 0.327. The number of esters is 4. The molecule has 0 bridgehead atoms. The molecule has 1 aromatic carbocycles. The van der Waals surface area contributed by atoms with Crippen molar-refractivity contribution in [3.05, 3.63) is 35.9 Å². The topological polar surface area (TPSA) is 174 Å². The largest absolute Gasteiger partial charge is 0.463 e. The number of hydrogen-bond donors (Lipinski definition) is 1. The number of nitrogens with one attached hydrogen (secondary N) is 1. The number of ether oxygens (including phenoxy) is 8. The Morgan fingerprint density at radius 1 is 0.977 bits per heavy atom. The second-order valence-electron chi connectivity index (χ2n) is 11.0. The second-order valence-corrected chi connectivity index (χ2v) is 11.4. The van der Waals surface area contributed by atoms with Crippen molar-refractivity contribution in [3.63, 3.8) is 0 Å². The smallest absolute Gasteiger partial charge is 0.338 e. The van der Waals surface area contributed by atoms with Gasteiger partial charge in [-0.2, -0.15) is 0 Å². The van der Waals surface area contributed by atoms with Crippen LogP contribution in [0.15, 0.2) is 30.3 Å². The van der Waals surface area contributed by atoms with Crippen LogP contribution in [0.4, 0.5) is 0 Å². The summed E-state index contributed by atoms with van der Waals surface area (Å²) < 4.78 is 46.0. The molecule has 16 heteroatoms. The average molecular weight is 637 g/mol. The lowest BCUT2D eigenvalue weighted by atomic mass is 9.93. The first-order chi connectivity index (χ1) is 20.7. The number of thiocarbonyl (C=S) groups is 1. The normalized spacial score (nSPS) is 33.8. The van der Waals surface area contributed by atoms with Crippen LogP contribution in [-0.2, 0) is 57.1 Å². The maximum Gasteiger partial charge on any atom is 0.338 e. The molecule has 44 heavy (non-hydrogen) atoms. The van der Waals surface area contributed by atoms with Crippen LogP contribution in [0.3, 0.4) is 0 Å². The van der Waals surface area contributed by atoms with Gasteiger partial charge in [-0.3, -0.25) is 24.1 Å². The quantitative estimate of drug-likeness (QED) is 0.246. The molecule has 5 rings (SSSR count). The third-order valence-electron chi connectivity index (χ3n) is 7.28. The van der Waals surface area contributed by atoms with Crippen molar-refractivity contribution in [2.45, 2.75) is 89.0 Å². The van der Waals surface area contributed by atoms with E-state index in [2.05, 4.69) is 5.32 Å². The van der Waals surface area contributed by atoms with Crippen LogP contribution in [0.25, 0.3) is 0 Å². The Morgan fingerprint density at radius 3 is 2.27 bits per heavy atom. The van der Waals surface area contributed by atoms with Crippen LogP contribution in [-0.4, -0.2) is 107 Å². The van der Waals surface area contributed by atoms with Gasteiger partial charge in [0.15, 0.2) is 35.4 Å². The first kappa shape index (κ1) is 31.7. The Kier molecular flexibility index (Phi) is 8.65. The molecule has 4 fully saturated rings. The van der Waals surface area contributed by atoms with Crippen molar-refractivity contribution in [2.24, 2.45) is 0 Å². The highest BCUT2D eigenvalue weighted by molar-refractivity contribution is 7.80. The minimum atomic E-state index is -2.11. The van der Waals surface area contributed by atoms with E-state index in [-0.39, 0.29) is 17.3 Å². The lowest BCUT2D eigenvalue weighted by Gasteiger charge is -2.42. The lowest BCUT2D eigenvalue weighted by molar-refractivity contribution is -0.218. The first-order valence-electron chi connectivity index (χ1n) is 13.8. The van der Waals surface area contributed by atoms with Gasteiger partial charge in [0.05, 0.1) is 12.2 Å². The number of amides is 1. The molecule has 15 nitrogen and oxygen atoms in total. The van der Waals surface area contributed by atoms with Crippen molar-refractivity contribution in [2.75, 3.05) is 13.2 Å². The lowest BCUT2D eigenvalue weighted by Crippen LogP contribution is -2.69. The number of carbonyl (C=O) groups excluding carboxylic acids is 5. The molecular formula is C28H32N2O13S. The first-order valence-corrected chi connectivity index (χ1v) is 14.2. The Balaban J connectivity index is 1.51. The minimum Gasteiger partial charge on any atom is -0.463 e. The van der Waals surface area contributed by atoms with Crippen LogP contribution in [0.5, 0.6) is 0 Å². The van der Waals surface area contributed by atoms with Gasteiger partial charge in [0.2, 0.25) is 0 Å². The maximum absolute atomic E-state index is 14.4. The van der Waals surface area contributed by atoms with Gasteiger partial charge in [0.25, 0.3) is 11.6 Å². The average Bonchev–Trinajstić information content (AvgIpc) is 3.52. The zero-order valence-electron chi connectivity index (χ0n) is 24.5. The summed E-state index contributed by atoms with van der Waals surface area (Å²) in [5, 5.41) is 2.61. The summed E-state index contributed by atoms with van der Waals surface area (Å²) in [5.41, 5.74) is -1.90. The molecule has 0 aliphatic carbocycles. The van der Waals surface area contributed by atoms with Crippen molar-refractivity contribution in [1.82, 2.24) is 10.2 Å². The van der Waals surface area contributed by atoms with Gasteiger partial charge in [0, 0.05) is 20.8 Å². The molecule has 0 saturated carbocycles. The monoisotopic (exact) mass is 636 g/mol. The molecule has 1 amide bonds. The molecule has 0 aromatic heterocycles. The molecule has 0 radical (unpaired) electrons. The van der Waals surface area contributed by atoms with Gasteiger partial charge < -0.3 is 43.2 Å². The number of carbonyl (C=O) groups is 5. The van der Waals surface area contributed by atoms with Crippen LogP contribution in [0.1, 0.15) is 45.0 Å². The summed E-state index contributed by atoms with van der Waals surface area (Å²) in [6, 6.07) is 8.12. The van der Waals surface area contributed by atoms with Crippen molar-refractivity contribution in [1.29, 1.82) is 0 Å². The SMILES string of the molecule is CC(=O)OC[C@H]1O[C@@H](N2C(=O)[C@]3(NC2=S)OC[C@H]2OC(C)(C)O[C@H]2[C@@H]3OC(=O)c2ccccc2)[C@H](OC(C)=O)[C@@H]1OC(C)=O. The van der Waals surface area contributed by atoms with E-state index in [9.17, 15) is 24.0 Å². The molecule has 8 atom stereocenters. The van der Waals surface area contributed by atoms with E-state index in [0.717, 1.165) is 18.7 Å². The van der Waals surface area contributed by atoms with Crippen molar-refractivity contribution >= 4 is 47.1 Å². The molecule has 4 heterocycles. The number of nitrogens with zero attached hydrogens (tertiary/aromatic N) is 1. The van der Waals surface area contributed by atoms with Gasteiger partial charge in [-0.25, -0.2) is 4.79 Å². The highest BCUT2D eigenvalue weighted by Crippen LogP contribution is 2.43. The Hall–Kier alpha value is -3.70. The molecule has 1 N–H and O–H groups in total.